The van der Waals surface area contributed by atoms with Crippen molar-refractivity contribution in [2.45, 2.75) is 27.7 Å². The smallest absolute Gasteiger partial charge is 0.332 e. The maximum Gasteiger partial charge on any atom is 0.332 e. The Morgan fingerprint density at radius 2 is 1.18 bits per heavy atom. The molecule has 0 aliphatic carbocycles. The summed E-state index contributed by atoms with van der Waals surface area (Å²) < 4.78 is 18.7. The number of hydrogen-bond acceptors (Lipinski definition) is 3. The van der Waals surface area contributed by atoms with E-state index in [-0.39, 0.29) is 6.85 Å². The third kappa shape index (κ3) is 3.31. The molecule has 0 bridgehead atoms. The lowest BCUT2D eigenvalue weighted by Gasteiger charge is -2.29. The molecule has 0 saturated carbocycles. The molecular weight excluding hydrogens is 625 g/mol. The van der Waals surface area contributed by atoms with Gasteiger partial charge in [0.05, 0.1) is 28.0 Å². The number of rotatable bonds is 1. The summed E-state index contributed by atoms with van der Waals surface area (Å²) in [6.07, 6.45) is 2.04. The van der Waals surface area contributed by atoms with Crippen LogP contribution >= 0.6 is 0 Å². The Bertz CT molecular complexity index is 3310. The van der Waals surface area contributed by atoms with E-state index in [1.165, 1.54) is 55.0 Å². The molecule has 0 radical (unpaired) electrons. The number of nitrogens with zero attached hydrogens (tertiary/aromatic N) is 3. The SMILES string of the molecule is Cc1cc(C)c2c(c1)c1cc(C)cc(C)c1n2B1c2ccccc2-n2c3cnc4c5ccccc5oc4c3c3c4oc5ccccc5c4cc1c32. The molecule has 0 N–H and O–H groups in total. The lowest BCUT2D eigenvalue weighted by atomic mass is 9.48. The van der Waals surface area contributed by atoms with Gasteiger partial charge < -0.3 is 17.9 Å². The second kappa shape index (κ2) is 9.29. The Balaban J connectivity index is 1.37. The van der Waals surface area contributed by atoms with Crippen LogP contribution in [-0.4, -0.2) is 20.9 Å². The molecule has 6 heteroatoms. The summed E-state index contributed by atoms with van der Waals surface area (Å²) in [5.41, 5.74) is 17.7. The summed E-state index contributed by atoms with van der Waals surface area (Å²) >= 11 is 0. The van der Waals surface area contributed by atoms with E-state index in [4.69, 9.17) is 13.8 Å². The minimum Gasteiger partial charge on any atom is -0.455 e. The summed E-state index contributed by atoms with van der Waals surface area (Å²) in [5, 5.41) is 7.95. The van der Waals surface area contributed by atoms with Crippen LogP contribution < -0.4 is 10.9 Å². The van der Waals surface area contributed by atoms with Crippen LogP contribution in [0.25, 0.3) is 93.3 Å². The number of para-hydroxylation sites is 3. The second-order valence-electron chi connectivity index (χ2n) is 14.6. The van der Waals surface area contributed by atoms with E-state index in [0.717, 1.165) is 71.5 Å². The van der Waals surface area contributed by atoms with Crippen molar-refractivity contribution in [2.24, 2.45) is 0 Å². The van der Waals surface area contributed by atoms with Crippen molar-refractivity contribution in [1.29, 1.82) is 0 Å². The van der Waals surface area contributed by atoms with Crippen molar-refractivity contribution in [2.75, 3.05) is 0 Å². The summed E-state index contributed by atoms with van der Waals surface area (Å²) in [4.78, 5) is 5.09. The predicted octanol–water partition coefficient (Wildman–Crippen LogP) is 10.3. The average Bonchev–Trinajstić information content (AvgIpc) is 3.87. The zero-order valence-electron chi connectivity index (χ0n) is 28.6. The highest BCUT2D eigenvalue weighted by Gasteiger charge is 2.39. The Kier molecular flexibility index (Phi) is 5.02. The first-order valence-electron chi connectivity index (χ1n) is 17.7. The van der Waals surface area contributed by atoms with Crippen LogP contribution in [0.3, 0.4) is 0 Å². The van der Waals surface area contributed by atoms with Gasteiger partial charge >= 0.3 is 6.85 Å². The Hall–Kier alpha value is -6.27. The molecule has 1 aliphatic heterocycles. The first-order valence-corrected chi connectivity index (χ1v) is 17.7. The zero-order valence-corrected chi connectivity index (χ0v) is 28.6. The lowest BCUT2D eigenvalue weighted by Crippen LogP contribution is -2.53. The molecule has 0 unspecified atom stereocenters. The van der Waals surface area contributed by atoms with Gasteiger partial charge in [-0.1, -0.05) is 77.9 Å². The minimum atomic E-state index is -0.111. The molecule has 0 saturated heterocycles. The molecule has 12 rings (SSSR count). The van der Waals surface area contributed by atoms with E-state index >= 15 is 0 Å². The van der Waals surface area contributed by atoms with Gasteiger partial charge in [-0.15, -0.1) is 0 Å². The number of aromatic nitrogens is 3. The average molecular weight is 656 g/mol. The minimum absolute atomic E-state index is 0.111. The van der Waals surface area contributed by atoms with Crippen molar-refractivity contribution in [3.8, 4) is 5.69 Å². The molecule has 11 aromatic rings. The Morgan fingerprint density at radius 1 is 0.549 bits per heavy atom. The largest absolute Gasteiger partial charge is 0.455 e. The predicted molar refractivity (Wildman–Crippen MR) is 212 cm³/mol. The van der Waals surface area contributed by atoms with Gasteiger partial charge in [0.1, 0.15) is 22.3 Å². The fourth-order valence-corrected chi connectivity index (χ4v) is 9.68. The number of fused-ring (bicyclic) bond motifs is 16. The van der Waals surface area contributed by atoms with Crippen LogP contribution in [0.15, 0.2) is 118 Å². The van der Waals surface area contributed by atoms with E-state index in [2.05, 4.69) is 128 Å². The number of pyridine rings is 1. The Morgan fingerprint density at radius 3 is 1.92 bits per heavy atom. The van der Waals surface area contributed by atoms with Crippen LogP contribution in [0, 0.1) is 27.7 Å². The summed E-state index contributed by atoms with van der Waals surface area (Å²) in [5.74, 6) is 0. The van der Waals surface area contributed by atoms with Crippen LogP contribution in [0.2, 0.25) is 0 Å². The summed E-state index contributed by atoms with van der Waals surface area (Å²) in [6, 6.07) is 37.4. The van der Waals surface area contributed by atoms with Crippen molar-refractivity contribution >= 4 is 105 Å². The monoisotopic (exact) mass is 655 g/mol. The standard InChI is InChI=1S/C45H30BN3O2/c1-23-17-25(3)41-29(19-23)30-20-24(2)18-26(4)42(30)49(41)46-32-13-7-8-14-34(32)48-35-22-47-40-28-12-6-10-16-37(28)51-45(40)38(35)39-43(48)33(46)21-31-27-11-5-9-15-36(27)50-44(31)39/h5-22H,1-4H3. The van der Waals surface area contributed by atoms with Crippen LogP contribution in [0.5, 0.6) is 0 Å². The quantitative estimate of drug-likeness (QED) is 0.165. The Labute approximate surface area is 292 Å². The number of furan rings is 2. The normalized spacial score (nSPS) is 13.1. The van der Waals surface area contributed by atoms with Gasteiger partial charge in [0.25, 0.3) is 0 Å². The van der Waals surface area contributed by atoms with Crippen molar-refractivity contribution in [3.63, 3.8) is 0 Å². The molecule has 1 aliphatic rings. The second-order valence-corrected chi connectivity index (χ2v) is 14.6. The van der Waals surface area contributed by atoms with Crippen molar-refractivity contribution in [3.05, 3.63) is 132 Å². The molecular formula is C45H30BN3O2. The first kappa shape index (κ1) is 27.5. The summed E-state index contributed by atoms with van der Waals surface area (Å²) in [7, 11) is 0. The third-order valence-corrected chi connectivity index (χ3v) is 11.4. The van der Waals surface area contributed by atoms with E-state index in [9.17, 15) is 0 Å². The zero-order chi connectivity index (χ0) is 33.9. The molecule has 6 heterocycles. The van der Waals surface area contributed by atoms with Gasteiger partial charge in [-0.2, -0.15) is 0 Å². The van der Waals surface area contributed by atoms with Gasteiger partial charge in [0.2, 0.25) is 0 Å². The number of aryl methyl sites for hydroxylation is 4. The summed E-state index contributed by atoms with van der Waals surface area (Å²) in [6.45, 7) is 8.85. The molecule has 0 atom stereocenters. The van der Waals surface area contributed by atoms with Crippen molar-refractivity contribution in [1.82, 2.24) is 14.0 Å². The van der Waals surface area contributed by atoms with Gasteiger partial charge in [0, 0.05) is 43.7 Å². The van der Waals surface area contributed by atoms with Crippen LogP contribution in [0.4, 0.5) is 0 Å². The van der Waals surface area contributed by atoms with Gasteiger partial charge in [-0.25, -0.2) is 4.98 Å². The van der Waals surface area contributed by atoms with E-state index in [0.29, 0.717) is 0 Å². The first-order chi connectivity index (χ1) is 25.0. The molecule has 5 aromatic heterocycles. The van der Waals surface area contributed by atoms with E-state index in [1.807, 2.05) is 18.3 Å². The molecule has 0 spiro atoms. The molecule has 0 amide bonds. The molecule has 6 aromatic carbocycles. The highest BCUT2D eigenvalue weighted by molar-refractivity contribution is 6.88. The van der Waals surface area contributed by atoms with Gasteiger partial charge in [-0.05, 0) is 86.1 Å². The highest BCUT2D eigenvalue weighted by atomic mass is 16.3. The molecule has 240 valence electrons. The molecule has 5 nitrogen and oxygen atoms in total. The maximum absolute atomic E-state index is 6.87. The van der Waals surface area contributed by atoms with Gasteiger partial charge in [-0.3, -0.25) is 0 Å². The van der Waals surface area contributed by atoms with E-state index in [1.54, 1.807) is 0 Å². The van der Waals surface area contributed by atoms with Crippen LogP contribution in [-0.2, 0) is 0 Å². The third-order valence-electron chi connectivity index (χ3n) is 11.4. The van der Waals surface area contributed by atoms with Crippen molar-refractivity contribution < 1.29 is 8.83 Å². The highest BCUT2D eigenvalue weighted by Crippen LogP contribution is 2.45. The molecule has 0 fully saturated rings. The van der Waals surface area contributed by atoms with Crippen LogP contribution in [0.1, 0.15) is 22.3 Å². The number of benzene rings is 6. The van der Waals surface area contributed by atoms with Gasteiger partial charge in [0.15, 0.2) is 5.58 Å². The molecule has 51 heavy (non-hydrogen) atoms. The number of hydrogen-bond donors (Lipinski definition) is 0. The maximum atomic E-state index is 6.87. The lowest BCUT2D eigenvalue weighted by molar-refractivity contribution is 0.670. The fraction of sp³-hybridized carbons (Fsp3) is 0.0889. The topological polar surface area (TPSA) is 49.0 Å². The van der Waals surface area contributed by atoms with E-state index < -0.39 is 0 Å². The fourth-order valence-electron chi connectivity index (χ4n) is 9.68.